The lowest BCUT2D eigenvalue weighted by atomic mass is 9.53. The van der Waals surface area contributed by atoms with Crippen LogP contribution in [-0.2, 0) is 11.3 Å². The van der Waals surface area contributed by atoms with Crippen molar-refractivity contribution in [2.45, 2.75) is 33.2 Å². The van der Waals surface area contributed by atoms with Crippen LogP contribution in [0.15, 0.2) is 30.6 Å². The second-order valence-corrected chi connectivity index (χ2v) is 8.58. The Morgan fingerprint density at radius 3 is 2.59 bits per heavy atom. The number of hydrogen-bond acceptors (Lipinski definition) is 3. The Kier molecular flexibility index (Phi) is 3.63. The van der Waals surface area contributed by atoms with Crippen LogP contribution in [0.3, 0.4) is 0 Å². The number of hydrogen-bond donors (Lipinski definition) is 1. The summed E-state index contributed by atoms with van der Waals surface area (Å²) in [5.41, 5.74) is 4.67. The standard InChI is InChI=1S/C21H26N4O2/c1-15-16(2)24(14-22-15)9-17-4-3-5-18(8-17)23-19(26)25-10-20-6-7-21(20,11-25)13-27-12-20/h3-5,8,14H,6-7,9-13H2,1-2H3,(H,23,26). The van der Waals surface area contributed by atoms with Gasteiger partial charge in [-0.1, -0.05) is 12.1 Å². The van der Waals surface area contributed by atoms with E-state index in [0.29, 0.717) is 0 Å². The summed E-state index contributed by atoms with van der Waals surface area (Å²) in [6, 6.07) is 8.10. The smallest absolute Gasteiger partial charge is 0.321 e. The Balaban J connectivity index is 1.27. The average Bonchev–Trinajstić information content (AvgIpc) is 3.13. The van der Waals surface area contributed by atoms with Gasteiger partial charge in [-0.2, -0.15) is 0 Å². The number of aromatic nitrogens is 2. The molecule has 1 N–H and O–H groups in total. The predicted molar refractivity (Wildman–Crippen MR) is 103 cm³/mol. The molecule has 2 unspecified atom stereocenters. The number of imidazole rings is 1. The van der Waals surface area contributed by atoms with Crippen LogP contribution in [0.4, 0.5) is 10.5 Å². The second-order valence-electron chi connectivity index (χ2n) is 8.58. The quantitative estimate of drug-likeness (QED) is 0.908. The molecular formula is C21H26N4O2. The summed E-state index contributed by atoms with van der Waals surface area (Å²) in [5, 5.41) is 3.10. The summed E-state index contributed by atoms with van der Waals surface area (Å²) in [5.74, 6) is 0. The molecule has 0 bridgehead atoms. The van der Waals surface area contributed by atoms with E-state index < -0.39 is 0 Å². The van der Waals surface area contributed by atoms with Crippen LogP contribution in [0.5, 0.6) is 0 Å². The van der Waals surface area contributed by atoms with Gasteiger partial charge in [0.15, 0.2) is 0 Å². The van der Waals surface area contributed by atoms with Crippen LogP contribution < -0.4 is 5.32 Å². The fourth-order valence-corrected chi connectivity index (χ4v) is 5.09. The topological polar surface area (TPSA) is 59.4 Å². The number of rotatable bonds is 3. The molecule has 2 amide bonds. The highest BCUT2D eigenvalue weighted by Gasteiger charge is 2.67. The van der Waals surface area contributed by atoms with E-state index in [0.717, 1.165) is 49.8 Å². The summed E-state index contributed by atoms with van der Waals surface area (Å²) in [6.07, 6.45) is 4.25. The van der Waals surface area contributed by atoms with Gasteiger partial charge in [-0.15, -0.1) is 0 Å². The van der Waals surface area contributed by atoms with Crippen molar-refractivity contribution in [3.63, 3.8) is 0 Å². The van der Waals surface area contributed by atoms with Crippen LogP contribution in [-0.4, -0.2) is 46.8 Å². The molecule has 2 aliphatic heterocycles. The van der Waals surface area contributed by atoms with Gasteiger partial charge in [0.25, 0.3) is 0 Å². The van der Waals surface area contributed by atoms with Crippen molar-refractivity contribution in [1.82, 2.24) is 14.5 Å². The number of nitrogens with zero attached hydrogens (tertiary/aromatic N) is 3. The maximum absolute atomic E-state index is 12.8. The summed E-state index contributed by atoms with van der Waals surface area (Å²) in [4.78, 5) is 19.2. The molecular weight excluding hydrogens is 340 g/mol. The first kappa shape index (κ1) is 16.8. The highest BCUT2D eigenvalue weighted by molar-refractivity contribution is 5.89. The third-order valence-corrected chi connectivity index (χ3v) is 7.11. The average molecular weight is 366 g/mol. The van der Waals surface area contributed by atoms with E-state index in [1.807, 2.05) is 30.3 Å². The van der Waals surface area contributed by atoms with Gasteiger partial charge in [-0.3, -0.25) is 0 Å². The van der Waals surface area contributed by atoms with Crippen LogP contribution >= 0.6 is 0 Å². The molecule has 1 aromatic carbocycles. The van der Waals surface area contributed by atoms with E-state index >= 15 is 0 Å². The van der Waals surface area contributed by atoms with Gasteiger partial charge in [0, 0.05) is 41.8 Å². The molecule has 3 fully saturated rings. The molecule has 2 atom stereocenters. The zero-order chi connectivity index (χ0) is 18.6. The first-order chi connectivity index (χ1) is 13.0. The minimum atomic E-state index is 0.0110. The minimum absolute atomic E-state index is 0.0110. The van der Waals surface area contributed by atoms with E-state index in [-0.39, 0.29) is 16.9 Å². The lowest BCUT2D eigenvalue weighted by Gasteiger charge is -2.47. The first-order valence-corrected chi connectivity index (χ1v) is 9.71. The predicted octanol–water partition coefficient (Wildman–Crippen LogP) is 3.19. The molecule has 1 aliphatic carbocycles. The molecule has 6 nitrogen and oxygen atoms in total. The normalized spacial score (nSPS) is 28.6. The van der Waals surface area contributed by atoms with Gasteiger partial charge in [0.2, 0.25) is 0 Å². The third-order valence-electron chi connectivity index (χ3n) is 7.11. The van der Waals surface area contributed by atoms with E-state index in [2.05, 4.69) is 33.9 Å². The first-order valence-electron chi connectivity index (χ1n) is 9.71. The third kappa shape index (κ3) is 2.50. The lowest BCUT2D eigenvalue weighted by Crippen LogP contribution is -2.49. The molecule has 0 radical (unpaired) electrons. The maximum atomic E-state index is 12.8. The number of aryl methyl sites for hydroxylation is 1. The van der Waals surface area contributed by atoms with Gasteiger partial charge in [-0.05, 0) is 44.4 Å². The summed E-state index contributed by atoms with van der Waals surface area (Å²) < 4.78 is 7.88. The monoisotopic (exact) mass is 366 g/mol. The van der Waals surface area contributed by atoms with E-state index in [1.54, 1.807) is 0 Å². The minimum Gasteiger partial charge on any atom is -0.380 e. The number of amides is 2. The molecule has 3 aliphatic rings. The van der Waals surface area contributed by atoms with Crippen molar-refractivity contribution in [3.05, 3.63) is 47.5 Å². The number of benzene rings is 1. The van der Waals surface area contributed by atoms with Crippen LogP contribution in [0.2, 0.25) is 0 Å². The Hall–Kier alpha value is -2.34. The number of likely N-dealkylation sites (tertiary alicyclic amines) is 1. The number of carbonyl (C=O) groups excluding carboxylic acids is 1. The van der Waals surface area contributed by atoms with Gasteiger partial charge in [0.1, 0.15) is 0 Å². The zero-order valence-electron chi connectivity index (χ0n) is 16.0. The number of nitrogens with one attached hydrogen (secondary N) is 1. The van der Waals surface area contributed by atoms with Gasteiger partial charge >= 0.3 is 6.03 Å². The van der Waals surface area contributed by atoms with Crippen LogP contribution in [0, 0.1) is 24.7 Å². The highest BCUT2D eigenvalue weighted by atomic mass is 16.5. The molecule has 27 heavy (non-hydrogen) atoms. The molecule has 1 saturated carbocycles. The summed E-state index contributed by atoms with van der Waals surface area (Å²) in [7, 11) is 0. The number of ether oxygens (including phenoxy) is 1. The molecule has 5 rings (SSSR count). The van der Waals surface area contributed by atoms with Gasteiger partial charge < -0.3 is 19.5 Å². The van der Waals surface area contributed by atoms with E-state index in [1.165, 1.54) is 18.5 Å². The highest BCUT2D eigenvalue weighted by Crippen LogP contribution is 2.64. The SMILES string of the molecule is Cc1ncn(Cc2cccc(NC(=O)N3CC45CCC4(COC5)C3)c2)c1C. The Labute approximate surface area is 159 Å². The van der Waals surface area contributed by atoms with Gasteiger partial charge in [0.05, 0.1) is 25.2 Å². The maximum Gasteiger partial charge on any atom is 0.321 e. The van der Waals surface area contributed by atoms with Crippen molar-refractivity contribution < 1.29 is 9.53 Å². The van der Waals surface area contributed by atoms with E-state index in [4.69, 9.17) is 4.74 Å². The second kappa shape index (κ2) is 5.83. The van der Waals surface area contributed by atoms with Crippen molar-refractivity contribution >= 4 is 11.7 Å². The molecule has 3 heterocycles. The molecule has 142 valence electrons. The van der Waals surface area contributed by atoms with Crippen LogP contribution in [0.25, 0.3) is 0 Å². The van der Waals surface area contributed by atoms with Crippen LogP contribution in [0.1, 0.15) is 29.8 Å². The fourth-order valence-electron chi connectivity index (χ4n) is 5.09. The van der Waals surface area contributed by atoms with Crippen molar-refractivity contribution in [2.24, 2.45) is 10.8 Å². The Morgan fingerprint density at radius 1 is 1.22 bits per heavy atom. The molecule has 1 aromatic heterocycles. The molecule has 2 saturated heterocycles. The Bertz CT molecular complexity index is 887. The van der Waals surface area contributed by atoms with E-state index in [9.17, 15) is 4.79 Å². The number of carbonyl (C=O) groups is 1. The molecule has 2 aromatic rings. The van der Waals surface area contributed by atoms with Crippen molar-refractivity contribution in [2.75, 3.05) is 31.6 Å². The molecule has 0 spiro atoms. The fraction of sp³-hybridized carbons (Fsp3) is 0.524. The number of anilines is 1. The lowest BCUT2D eigenvalue weighted by molar-refractivity contribution is 0.0255. The number of urea groups is 1. The Morgan fingerprint density at radius 2 is 1.96 bits per heavy atom. The van der Waals surface area contributed by atoms with Crippen molar-refractivity contribution in [1.29, 1.82) is 0 Å². The molecule has 6 heteroatoms. The summed E-state index contributed by atoms with van der Waals surface area (Å²) >= 11 is 0. The summed E-state index contributed by atoms with van der Waals surface area (Å²) in [6.45, 7) is 8.13. The zero-order valence-corrected chi connectivity index (χ0v) is 16.0. The largest absolute Gasteiger partial charge is 0.380 e. The van der Waals surface area contributed by atoms with Gasteiger partial charge in [-0.25, -0.2) is 9.78 Å². The van der Waals surface area contributed by atoms with Crippen molar-refractivity contribution in [3.8, 4) is 0 Å².